The van der Waals surface area contributed by atoms with Crippen molar-refractivity contribution in [3.63, 3.8) is 0 Å². The van der Waals surface area contributed by atoms with Crippen molar-refractivity contribution < 1.29 is 9.59 Å². The summed E-state index contributed by atoms with van der Waals surface area (Å²) in [6.45, 7) is 7.28. The second-order valence-corrected chi connectivity index (χ2v) is 3.23. The van der Waals surface area contributed by atoms with Crippen molar-refractivity contribution in [3.05, 3.63) is 0 Å². The van der Waals surface area contributed by atoms with Crippen molar-refractivity contribution >= 4 is 11.7 Å². The van der Waals surface area contributed by atoms with Crippen LogP contribution in [0.5, 0.6) is 0 Å². The Balaban J connectivity index is 4.51. The lowest BCUT2D eigenvalue weighted by Crippen LogP contribution is -2.43. The van der Waals surface area contributed by atoms with Gasteiger partial charge in [0.2, 0.25) is 5.91 Å². The van der Waals surface area contributed by atoms with E-state index < -0.39 is 5.91 Å². The quantitative estimate of drug-likeness (QED) is 0.652. The Bertz CT molecular complexity index is 200. The first kappa shape index (κ1) is 13.1. The van der Waals surface area contributed by atoms with Gasteiger partial charge in [0.1, 0.15) is 5.78 Å². The third-order valence-electron chi connectivity index (χ3n) is 2.37. The molecule has 0 saturated carbocycles. The lowest BCUT2D eigenvalue weighted by Gasteiger charge is -2.27. The largest absolute Gasteiger partial charge is 0.370 e. The van der Waals surface area contributed by atoms with E-state index >= 15 is 0 Å². The molecule has 0 aromatic rings. The molecule has 0 aliphatic rings. The lowest BCUT2D eigenvalue weighted by atomic mass is 10.0. The summed E-state index contributed by atoms with van der Waals surface area (Å²) in [5, 5.41) is 0. The number of likely N-dealkylation sites (N-methyl/N-ethyl adjacent to an activating group) is 1. The molecule has 0 saturated heterocycles. The van der Waals surface area contributed by atoms with Crippen LogP contribution in [-0.2, 0) is 9.59 Å². The van der Waals surface area contributed by atoms with E-state index in [2.05, 4.69) is 0 Å². The Kier molecular flexibility index (Phi) is 6.12. The Labute approximate surface area is 85.4 Å². The van der Waals surface area contributed by atoms with Crippen LogP contribution in [0.2, 0.25) is 0 Å². The number of carbonyl (C=O) groups is 2. The normalized spacial score (nSPS) is 12.9. The lowest BCUT2D eigenvalue weighted by molar-refractivity contribution is -0.128. The van der Waals surface area contributed by atoms with E-state index in [9.17, 15) is 9.59 Å². The minimum atomic E-state index is -0.413. The molecule has 0 aromatic heterocycles. The number of hydrogen-bond acceptors (Lipinski definition) is 3. The predicted octanol–water partition coefficient (Wildman–Crippen LogP) is 0.551. The summed E-state index contributed by atoms with van der Waals surface area (Å²) in [5.74, 6) is -0.323. The van der Waals surface area contributed by atoms with Crippen LogP contribution in [0.4, 0.5) is 0 Å². The minimum absolute atomic E-state index is 0.0903. The summed E-state index contributed by atoms with van der Waals surface area (Å²) >= 11 is 0. The summed E-state index contributed by atoms with van der Waals surface area (Å²) in [5.41, 5.74) is 5.12. The van der Waals surface area contributed by atoms with Crippen LogP contribution in [0.1, 0.15) is 33.6 Å². The van der Waals surface area contributed by atoms with Gasteiger partial charge in [-0.1, -0.05) is 20.8 Å². The van der Waals surface area contributed by atoms with Crippen molar-refractivity contribution in [1.82, 2.24) is 4.90 Å². The number of amides is 1. The van der Waals surface area contributed by atoms with Crippen molar-refractivity contribution in [2.45, 2.75) is 39.7 Å². The highest BCUT2D eigenvalue weighted by Crippen LogP contribution is 2.07. The third kappa shape index (κ3) is 3.87. The highest BCUT2D eigenvalue weighted by atomic mass is 16.1. The zero-order valence-corrected chi connectivity index (χ0v) is 9.25. The number of ketones is 1. The summed E-state index contributed by atoms with van der Waals surface area (Å²) in [4.78, 5) is 24.3. The molecule has 0 radical (unpaired) electrons. The van der Waals surface area contributed by atoms with Gasteiger partial charge in [-0.2, -0.15) is 0 Å². The summed E-state index contributed by atoms with van der Waals surface area (Å²) < 4.78 is 0. The zero-order valence-electron chi connectivity index (χ0n) is 9.25. The van der Waals surface area contributed by atoms with Gasteiger partial charge < -0.3 is 5.73 Å². The first-order valence-corrected chi connectivity index (χ1v) is 5.11. The van der Waals surface area contributed by atoms with Crippen LogP contribution >= 0.6 is 0 Å². The molecular weight excluding hydrogens is 180 g/mol. The topological polar surface area (TPSA) is 63.4 Å². The maximum Gasteiger partial charge on any atom is 0.219 e. The van der Waals surface area contributed by atoms with Crippen molar-refractivity contribution in [3.8, 4) is 0 Å². The van der Waals surface area contributed by atoms with E-state index in [0.717, 1.165) is 13.1 Å². The van der Waals surface area contributed by atoms with Gasteiger partial charge in [0.05, 0.1) is 6.04 Å². The second-order valence-electron chi connectivity index (χ2n) is 3.23. The van der Waals surface area contributed by atoms with Gasteiger partial charge >= 0.3 is 0 Å². The van der Waals surface area contributed by atoms with Crippen molar-refractivity contribution in [2.75, 3.05) is 13.1 Å². The number of Topliss-reactive ketones (excluding diaryl/α,β-unsaturated/α-hetero) is 1. The highest BCUT2D eigenvalue weighted by molar-refractivity contribution is 5.89. The second kappa shape index (κ2) is 6.54. The Hall–Kier alpha value is -0.900. The Morgan fingerprint density at radius 2 is 1.71 bits per heavy atom. The van der Waals surface area contributed by atoms with Crippen LogP contribution in [0.3, 0.4) is 0 Å². The summed E-state index contributed by atoms with van der Waals surface area (Å²) in [6.07, 6.45) is 0.586. The fourth-order valence-corrected chi connectivity index (χ4v) is 1.54. The monoisotopic (exact) mass is 200 g/mol. The standard InChI is InChI=1S/C10H20N2O2/c1-4-9(13)8(7-10(11)14)12(5-2)6-3/h8H,4-7H2,1-3H3,(H2,11,14)/t8-/m1/s1. The molecule has 1 amide bonds. The number of nitrogens with zero attached hydrogens (tertiary/aromatic N) is 1. The van der Waals surface area contributed by atoms with Gasteiger partial charge in [-0.3, -0.25) is 14.5 Å². The number of hydrogen-bond donors (Lipinski definition) is 1. The molecule has 0 fully saturated rings. The first-order valence-electron chi connectivity index (χ1n) is 5.11. The molecule has 2 N–H and O–H groups in total. The number of carbonyl (C=O) groups excluding carboxylic acids is 2. The maximum absolute atomic E-state index is 11.6. The molecule has 14 heavy (non-hydrogen) atoms. The van der Waals surface area contributed by atoms with Crippen LogP contribution in [-0.4, -0.2) is 35.7 Å². The molecule has 0 spiro atoms. The molecule has 1 atom stereocenters. The van der Waals surface area contributed by atoms with Crippen molar-refractivity contribution in [2.24, 2.45) is 5.73 Å². The van der Waals surface area contributed by atoms with Gasteiger partial charge in [-0.05, 0) is 13.1 Å². The average Bonchev–Trinajstić information content (AvgIpc) is 2.16. The fourth-order valence-electron chi connectivity index (χ4n) is 1.54. The molecule has 0 heterocycles. The molecule has 82 valence electrons. The Morgan fingerprint density at radius 1 is 1.21 bits per heavy atom. The van der Waals surface area contributed by atoms with Crippen molar-refractivity contribution in [1.29, 1.82) is 0 Å². The summed E-state index contributed by atoms with van der Waals surface area (Å²) in [7, 11) is 0. The van der Waals surface area contributed by atoms with Crippen LogP contribution < -0.4 is 5.73 Å². The van der Waals surface area contributed by atoms with Gasteiger partial charge in [-0.15, -0.1) is 0 Å². The number of primary amides is 1. The van der Waals surface area contributed by atoms with E-state index in [1.54, 1.807) is 6.92 Å². The summed E-state index contributed by atoms with van der Waals surface area (Å²) in [6, 6.07) is -0.326. The maximum atomic E-state index is 11.6. The van der Waals surface area contributed by atoms with Gasteiger partial charge in [0.15, 0.2) is 0 Å². The predicted molar refractivity (Wildman–Crippen MR) is 55.8 cm³/mol. The van der Waals surface area contributed by atoms with E-state index in [1.165, 1.54) is 0 Å². The molecular formula is C10H20N2O2. The third-order valence-corrected chi connectivity index (χ3v) is 2.37. The average molecular weight is 200 g/mol. The van der Waals surface area contributed by atoms with E-state index in [4.69, 9.17) is 5.73 Å². The van der Waals surface area contributed by atoms with Crippen LogP contribution in [0, 0.1) is 0 Å². The number of rotatable bonds is 7. The van der Waals surface area contributed by atoms with Gasteiger partial charge in [-0.25, -0.2) is 0 Å². The number of nitrogens with two attached hydrogens (primary N) is 1. The van der Waals surface area contributed by atoms with Gasteiger partial charge in [0, 0.05) is 12.8 Å². The van der Waals surface area contributed by atoms with Crippen LogP contribution in [0.25, 0.3) is 0 Å². The molecule has 0 unspecified atom stereocenters. The molecule has 0 aliphatic heterocycles. The molecule has 4 nitrogen and oxygen atoms in total. The van der Waals surface area contributed by atoms with E-state index in [-0.39, 0.29) is 18.2 Å². The fraction of sp³-hybridized carbons (Fsp3) is 0.800. The molecule has 0 rings (SSSR count). The Morgan fingerprint density at radius 3 is 2.00 bits per heavy atom. The SMILES string of the molecule is CCC(=O)[C@@H](CC(N)=O)N(CC)CC. The van der Waals surface area contributed by atoms with Crippen LogP contribution in [0.15, 0.2) is 0 Å². The zero-order chi connectivity index (χ0) is 11.1. The van der Waals surface area contributed by atoms with Gasteiger partial charge in [0.25, 0.3) is 0 Å². The highest BCUT2D eigenvalue weighted by Gasteiger charge is 2.23. The molecule has 0 aliphatic carbocycles. The first-order chi connectivity index (χ1) is 6.56. The molecule has 0 bridgehead atoms. The molecule has 0 aromatic carbocycles. The molecule has 4 heteroatoms. The van der Waals surface area contributed by atoms with E-state index in [0.29, 0.717) is 6.42 Å². The smallest absolute Gasteiger partial charge is 0.219 e. The minimum Gasteiger partial charge on any atom is -0.370 e. The van der Waals surface area contributed by atoms with E-state index in [1.807, 2.05) is 18.7 Å².